The summed E-state index contributed by atoms with van der Waals surface area (Å²) < 4.78 is 5.57. The van der Waals surface area contributed by atoms with Gasteiger partial charge in [0.15, 0.2) is 0 Å². The number of hydrogen-bond donors (Lipinski definition) is 1. The zero-order chi connectivity index (χ0) is 14.9. The Morgan fingerprint density at radius 3 is 2.43 bits per heavy atom. The lowest BCUT2D eigenvalue weighted by molar-refractivity contribution is 0.317. The van der Waals surface area contributed by atoms with E-state index in [1.165, 1.54) is 5.56 Å². The minimum Gasteiger partial charge on any atom is -0.494 e. The quantitative estimate of drug-likeness (QED) is 0.781. The van der Waals surface area contributed by atoms with Crippen molar-refractivity contribution in [2.45, 2.75) is 19.8 Å². The molecule has 110 valence electrons. The number of rotatable bonds is 7. The summed E-state index contributed by atoms with van der Waals surface area (Å²) in [6.45, 7) is 3.69. The summed E-state index contributed by atoms with van der Waals surface area (Å²) in [4.78, 5) is 0.785. The van der Waals surface area contributed by atoms with Crippen molar-refractivity contribution in [2.75, 3.05) is 13.2 Å². The van der Waals surface area contributed by atoms with Gasteiger partial charge >= 0.3 is 0 Å². The highest BCUT2D eigenvalue weighted by atomic mass is 32.1. The third-order valence-electron chi connectivity index (χ3n) is 3.13. The predicted molar refractivity (Wildman–Crippen MR) is 92.1 cm³/mol. The van der Waals surface area contributed by atoms with Crippen LogP contribution in [0.1, 0.15) is 24.5 Å². The fraction of sp³-hybridized carbons (Fsp3) is 0.278. The Kier molecular flexibility index (Phi) is 6.22. The molecule has 3 heteroatoms. The van der Waals surface area contributed by atoms with Gasteiger partial charge in [0, 0.05) is 12.1 Å². The van der Waals surface area contributed by atoms with Crippen molar-refractivity contribution < 1.29 is 4.74 Å². The van der Waals surface area contributed by atoms with Crippen LogP contribution in [-0.2, 0) is 6.42 Å². The van der Waals surface area contributed by atoms with Gasteiger partial charge in [-0.25, -0.2) is 0 Å². The van der Waals surface area contributed by atoms with Crippen LogP contribution >= 0.6 is 12.2 Å². The summed E-state index contributed by atoms with van der Waals surface area (Å²) in [6, 6.07) is 18.3. The Labute approximate surface area is 132 Å². The van der Waals surface area contributed by atoms with E-state index in [9.17, 15) is 0 Å². The first-order valence-electron chi connectivity index (χ1n) is 7.34. The van der Waals surface area contributed by atoms with Gasteiger partial charge in [0.05, 0.1) is 6.61 Å². The highest BCUT2D eigenvalue weighted by Crippen LogP contribution is 2.12. The van der Waals surface area contributed by atoms with Crippen molar-refractivity contribution in [1.29, 1.82) is 0 Å². The van der Waals surface area contributed by atoms with Crippen LogP contribution in [0.4, 0.5) is 0 Å². The van der Waals surface area contributed by atoms with Crippen LogP contribution in [0.5, 0.6) is 5.75 Å². The van der Waals surface area contributed by atoms with E-state index < -0.39 is 0 Å². The summed E-state index contributed by atoms with van der Waals surface area (Å²) in [5.41, 5.74) is 2.35. The standard InChI is InChI=1S/C18H21NOS/c1-2-14-20-17-10-8-16(9-11-17)18(21)19-13-12-15-6-4-3-5-7-15/h3-11H,2,12-14H2,1H3,(H,19,21). The van der Waals surface area contributed by atoms with Gasteiger partial charge < -0.3 is 10.1 Å². The monoisotopic (exact) mass is 299 g/mol. The first-order valence-corrected chi connectivity index (χ1v) is 7.75. The van der Waals surface area contributed by atoms with Crippen molar-refractivity contribution in [1.82, 2.24) is 5.32 Å². The molecule has 0 aliphatic rings. The second kappa shape index (κ2) is 8.42. The number of hydrogen-bond acceptors (Lipinski definition) is 2. The van der Waals surface area contributed by atoms with E-state index in [2.05, 4.69) is 36.5 Å². The van der Waals surface area contributed by atoms with Gasteiger partial charge in [0.2, 0.25) is 0 Å². The van der Waals surface area contributed by atoms with Crippen LogP contribution in [0.25, 0.3) is 0 Å². The first kappa shape index (κ1) is 15.5. The molecule has 2 aromatic carbocycles. The summed E-state index contributed by atoms with van der Waals surface area (Å²) in [5, 5.41) is 3.30. The van der Waals surface area contributed by atoms with Gasteiger partial charge in [-0.2, -0.15) is 0 Å². The molecular weight excluding hydrogens is 278 g/mol. The Bertz CT molecular complexity index is 551. The second-order valence-electron chi connectivity index (χ2n) is 4.86. The van der Waals surface area contributed by atoms with Gasteiger partial charge in [-0.05, 0) is 42.7 Å². The van der Waals surface area contributed by atoms with Crippen LogP contribution in [0.15, 0.2) is 54.6 Å². The van der Waals surface area contributed by atoms with E-state index >= 15 is 0 Å². The molecule has 0 aliphatic carbocycles. The molecule has 21 heavy (non-hydrogen) atoms. The van der Waals surface area contributed by atoms with Crippen LogP contribution in [0.3, 0.4) is 0 Å². The number of benzene rings is 2. The molecule has 0 aromatic heterocycles. The minimum absolute atomic E-state index is 0.749. The largest absolute Gasteiger partial charge is 0.494 e. The molecule has 0 amide bonds. The van der Waals surface area contributed by atoms with Crippen molar-refractivity contribution >= 4 is 17.2 Å². The SMILES string of the molecule is CCCOc1ccc(C(=S)NCCc2ccccc2)cc1. The third kappa shape index (κ3) is 5.20. The average Bonchev–Trinajstić information content (AvgIpc) is 2.54. The Hall–Kier alpha value is -1.87. The van der Waals surface area contributed by atoms with Crippen LogP contribution in [-0.4, -0.2) is 18.1 Å². The molecule has 0 aliphatic heterocycles. The lowest BCUT2D eigenvalue weighted by atomic mass is 10.1. The zero-order valence-corrected chi connectivity index (χ0v) is 13.2. The molecule has 0 saturated heterocycles. The minimum atomic E-state index is 0.749. The predicted octanol–water partition coefficient (Wildman–Crippen LogP) is 3.98. The molecule has 2 nitrogen and oxygen atoms in total. The van der Waals surface area contributed by atoms with E-state index in [0.717, 1.165) is 42.3 Å². The Morgan fingerprint density at radius 1 is 1.05 bits per heavy atom. The molecule has 0 fully saturated rings. The maximum absolute atomic E-state index is 5.57. The molecule has 0 bridgehead atoms. The lowest BCUT2D eigenvalue weighted by Gasteiger charge is -2.09. The molecule has 0 heterocycles. The van der Waals surface area contributed by atoms with Crippen LogP contribution in [0, 0.1) is 0 Å². The molecule has 0 spiro atoms. The number of ether oxygens (including phenoxy) is 1. The summed E-state index contributed by atoms with van der Waals surface area (Å²) in [7, 11) is 0. The molecule has 0 saturated carbocycles. The van der Waals surface area contributed by atoms with E-state index in [-0.39, 0.29) is 0 Å². The molecule has 1 N–H and O–H groups in total. The summed E-state index contributed by atoms with van der Waals surface area (Å²) in [5.74, 6) is 0.896. The fourth-order valence-electron chi connectivity index (χ4n) is 1.99. The van der Waals surface area contributed by atoms with Gasteiger partial charge in [0.25, 0.3) is 0 Å². The molecule has 0 atom stereocenters. The van der Waals surface area contributed by atoms with Crippen LogP contribution in [0.2, 0.25) is 0 Å². The normalized spacial score (nSPS) is 10.1. The molecule has 0 radical (unpaired) electrons. The smallest absolute Gasteiger partial charge is 0.119 e. The fourth-order valence-corrected chi connectivity index (χ4v) is 2.23. The lowest BCUT2D eigenvalue weighted by Crippen LogP contribution is -2.24. The van der Waals surface area contributed by atoms with Crippen molar-refractivity contribution in [3.63, 3.8) is 0 Å². The van der Waals surface area contributed by atoms with E-state index in [4.69, 9.17) is 17.0 Å². The van der Waals surface area contributed by atoms with E-state index in [1.807, 2.05) is 30.3 Å². The second-order valence-corrected chi connectivity index (χ2v) is 5.27. The van der Waals surface area contributed by atoms with Gasteiger partial charge in [0.1, 0.15) is 10.7 Å². The third-order valence-corrected chi connectivity index (χ3v) is 3.51. The average molecular weight is 299 g/mol. The summed E-state index contributed by atoms with van der Waals surface area (Å²) in [6.07, 6.45) is 1.99. The highest BCUT2D eigenvalue weighted by molar-refractivity contribution is 7.80. The summed E-state index contributed by atoms with van der Waals surface area (Å²) >= 11 is 5.41. The number of nitrogens with one attached hydrogen (secondary N) is 1. The van der Waals surface area contributed by atoms with Crippen molar-refractivity contribution in [3.05, 3.63) is 65.7 Å². The molecule has 2 rings (SSSR count). The molecular formula is C18H21NOS. The van der Waals surface area contributed by atoms with Crippen LogP contribution < -0.4 is 10.1 Å². The number of thiocarbonyl (C=S) groups is 1. The van der Waals surface area contributed by atoms with Gasteiger partial charge in [-0.1, -0.05) is 49.5 Å². The maximum atomic E-state index is 5.57. The maximum Gasteiger partial charge on any atom is 0.119 e. The molecule has 2 aromatic rings. The van der Waals surface area contributed by atoms with E-state index in [1.54, 1.807) is 0 Å². The molecule has 0 unspecified atom stereocenters. The zero-order valence-electron chi connectivity index (χ0n) is 12.3. The Morgan fingerprint density at radius 2 is 1.76 bits per heavy atom. The van der Waals surface area contributed by atoms with E-state index in [0.29, 0.717) is 0 Å². The van der Waals surface area contributed by atoms with Crippen molar-refractivity contribution in [2.24, 2.45) is 0 Å². The highest BCUT2D eigenvalue weighted by Gasteiger charge is 2.01. The topological polar surface area (TPSA) is 21.3 Å². The van der Waals surface area contributed by atoms with Gasteiger partial charge in [-0.3, -0.25) is 0 Å². The van der Waals surface area contributed by atoms with Gasteiger partial charge in [-0.15, -0.1) is 0 Å². The first-order chi connectivity index (χ1) is 10.3. The Balaban J connectivity index is 1.80. The van der Waals surface area contributed by atoms with Crippen molar-refractivity contribution in [3.8, 4) is 5.75 Å².